The fraction of sp³-hybridized carbons (Fsp3) is 0.417. The smallest absolute Gasteiger partial charge is 0.272 e. The minimum Gasteiger partial charge on any atom is -0.351 e. The second kappa shape index (κ2) is 6.81. The molecule has 0 aromatic carbocycles. The summed E-state index contributed by atoms with van der Waals surface area (Å²) in [5.41, 5.74) is 1.07. The van der Waals surface area contributed by atoms with Gasteiger partial charge in [0, 0.05) is 26.3 Å². The fourth-order valence-corrected chi connectivity index (χ4v) is 2.76. The van der Waals surface area contributed by atoms with Gasteiger partial charge < -0.3 is 5.32 Å². The van der Waals surface area contributed by atoms with Crippen LogP contribution in [0.4, 0.5) is 0 Å². The third-order valence-electron chi connectivity index (χ3n) is 2.83. The largest absolute Gasteiger partial charge is 0.351 e. The monoisotopic (exact) mass is 393 g/mol. The van der Waals surface area contributed by atoms with Crippen LogP contribution in [-0.4, -0.2) is 32.0 Å². The molecule has 0 aliphatic rings. The summed E-state index contributed by atoms with van der Waals surface area (Å²) in [4.78, 5) is 11.9. The lowest BCUT2D eigenvalue weighted by atomic mass is 10.3. The Hall–Kier alpha value is -1.05. The van der Waals surface area contributed by atoms with Gasteiger partial charge in [0.05, 0.1) is 10.2 Å². The van der Waals surface area contributed by atoms with E-state index in [0.29, 0.717) is 45.5 Å². The van der Waals surface area contributed by atoms with Crippen molar-refractivity contribution in [1.82, 2.24) is 24.9 Å². The molecule has 0 saturated heterocycles. The number of rotatable bonds is 5. The molecule has 0 saturated carbocycles. The van der Waals surface area contributed by atoms with Crippen LogP contribution in [0.5, 0.6) is 0 Å². The Morgan fingerprint density at radius 1 is 1.43 bits per heavy atom. The van der Waals surface area contributed by atoms with Gasteiger partial charge in [0.15, 0.2) is 5.69 Å². The van der Waals surface area contributed by atoms with Gasteiger partial charge in [-0.15, -0.1) is 0 Å². The molecule has 21 heavy (non-hydrogen) atoms. The Morgan fingerprint density at radius 2 is 2.14 bits per heavy atom. The minimum absolute atomic E-state index is 0.219. The summed E-state index contributed by atoms with van der Waals surface area (Å²) in [6.07, 6.45) is 2.41. The van der Waals surface area contributed by atoms with Gasteiger partial charge in [0.1, 0.15) is 10.2 Å². The first kappa shape index (κ1) is 16.3. The lowest BCUT2D eigenvalue weighted by molar-refractivity contribution is 0.0946. The zero-order chi connectivity index (χ0) is 15.6. The summed E-state index contributed by atoms with van der Waals surface area (Å²) in [6, 6.07) is 0. The number of aryl methyl sites for hydroxylation is 3. The molecular formula is C12H14BrCl2N5O. The molecule has 0 unspecified atom stereocenters. The predicted octanol–water partition coefficient (Wildman–Crippen LogP) is 2.81. The molecule has 6 nitrogen and oxygen atoms in total. The van der Waals surface area contributed by atoms with E-state index in [1.54, 1.807) is 29.5 Å². The van der Waals surface area contributed by atoms with Crippen LogP contribution in [0.2, 0.25) is 10.2 Å². The van der Waals surface area contributed by atoms with Gasteiger partial charge in [-0.3, -0.25) is 14.2 Å². The molecule has 2 heterocycles. The summed E-state index contributed by atoms with van der Waals surface area (Å²) in [6.45, 7) is 2.87. The molecule has 2 aromatic heterocycles. The van der Waals surface area contributed by atoms with Crippen molar-refractivity contribution in [1.29, 1.82) is 0 Å². The lowest BCUT2D eigenvalue weighted by Crippen LogP contribution is -2.26. The van der Waals surface area contributed by atoms with Crippen LogP contribution in [0.1, 0.15) is 22.6 Å². The van der Waals surface area contributed by atoms with Gasteiger partial charge in [0.2, 0.25) is 0 Å². The first-order valence-electron chi connectivity index (χ1n) is 6.26. The Bertz CT molecular complexity index is 667. The van der Waals surface area contributed by atoms with Crippen molar-refractivity contribution in [3.63, 3.8) is 0 Å². The fourth-order valence-electron chi connectivity index (χ4n) is 1.81. The molecule has 9 heteroatoms. The maximum atomic E-state index is 11.9. The molecule has 0 aliphatic heterocycles. The summed E-state index contributed by atoms with van der Waals surface area (Å²) < 4.78 is 3.87. The predicted molar refractivity (Wildman–Crippen MR) is 84.8 cm³/mol. The molecule has 2 rings (SSSR count). The standard InChI is InChI=1S/C12H14BrCl2N5O/c1-7-9(14)11(15)20(17-7)5-3-4-16-12(21)10-8(13)6-19(2)18-10/h6H,3-5H2,1-2H3,(H,16,21). The number of halogens is 3. The van der Waals surface area contributed by atoms with Crippen molar-refractivity contribution in [2.75, 3.05) is 6.54 Å². The topological polar surface area (TPSA) is 64.7 Å². The van der Waals surface area contributed by atoms with Crippen molar-refractivity contribution in [2.24, 2.45) is 7.05 Å². The molecular weight excluding hydrogens is 381 g/mol. The molecule has 114 valence electrons. The molecule has 0 spiro atoms. The van der Waals surface area contributed by atoms with E-state index >= 15 is 0 Å². The number of carbonyl (C=O) groups excluding carboxylic acids is 1. The van der Waals surface area contributed by atoms with E-state index < -0.39 is 0 Å². The number of nitrogens with zero attached hydrogens (tertiary/aromatic N) is 4. The van der Waals surface area contributed by atoms with Gasteiger partial charge in [-0.2, -0.15) is 10.2 Å². The highest BCUT2D eigenvalue weighted by Crippen LogP contribution is 2.24. The van der Waals surface area contributed by atoms with Crippen LogP contribution in [-0.2, 0) is 13.6 Å². The zero-order valence-corrected chi connectivity index (χ0v) is 14.6. The summed E-state index contributed by atoms with van der Waals surface area (Å²) >= 11 is 15.3. The van der Waals surface area contributed by atoms with Crippen molar-refractivity contribution >= 4 is 45.0 Å². The molecule has 0 bridgehead atoms. The van der Waals surface area contributed by atoms with E-state index in [4.69, 9.17) is 23.2 Å². The molecule has 0 atom stereocenters. The Morgan fingerprint density at radius 3 is 2.67 bits per heavy atom. The molecule has 1 N–H and O–H groups in total. The van der Waals surface area contributed by atoms with Crippen molar-refractivity contribution in [2.45, 2.75) is 19.9 Å². The molecule has 2 aromatic rings. The number of carbonyl (C=O) groups is 1. The molecule has 1 amide bonds. The number of hydrogen-bond donors (Lipinski definition) is 1. The van der Waals surface area contributed by atoms with Gasteiger partial charge >= 0.3 is 0 Å². The normalized spacial score (nSPS) is 10.9. The maximum Gasteiger partial charge on any atom is 0.272 e. The van der Waals surface area contributed by atoms with E-state index in [-0.39, 0.29) is 5.91 Å². The maximum absolute atomic E-state index is 11.9. The molecule has 0 radical (unpaired) electrons. The zero-order valence-electron chi connectivity index (χ0n) is 11.5. The summed E-state index contributed by atoms with van der Waals surface area (Å²) in [5.74, 6) is -0.219. The highest BCUT2D eigenvalue weighted by molar-refractivity contribution is 9.10. The highest BCUT2D eigenvalue weighted by atomic mass is 79.9. The molecule has 0 fully saturated rings. The number of nitrogens with one attached hydrogen (secondary N) is 1. The summed E-state index contributed by atoms with van der Waals surface area (Å²) in [7, 11) is 1.76. The second-order valence-electron chi connectivity index (χ2n) is 4.52. The SMILES string of the molecule is Cc1nn(CCCNC(=O)c2nn(C)cc2Br)c(Cl)c1Cl. The van der Waals surface area contributed by atoms with Gasteiger partial charge in [0.25, 0.3) is 5.91 Å². The van der Waals surface area contributed by atoms with Crippen LogP contribution in [0.25, 0.3) is 0 Å². The van der Waals surface area contributed by atoms with Gasteiger partial charge in [-0.05, 0) is 29.3 Å². The Kier molecular flexibility index (Phi) is 5.29. The van der Waals surface area contributed by atoms with E-state index in [1.165, 1.54) is 0 Å². The van der Waals surface area contributed by atoms with Crippen LogP contribution in [0, 0.1) is 6.92 Å². The Balaban J connectivity index is 1.83. The Labute approximate surface area is 140 Å². The average molecular weight is 395 g/mol. The number of aromatic nitrogens is 4. The van der Waals surface area contributed by atoms with E-state index in [1.807, 2.05) is 0 Å². The average Bonchev–Trinajstić information content (AvgIpc) is 2.89. The summed E-state index contributed by atoms with van der Waals surface area (Å²) in [5, 5.41) is 12.0. The van der Waals surface area contributed by atoms with Crippen LogP contribution in [0.3, 0.4) is 0 Å². The lowest BCUT2D eigenvalue weighted by Gasteiger charge is -2.05. The van der Waals surface area contributed by atoms with Gasteiger partial charge in [-0.25, -0.2) is 0 Å². The third kappa shape index (κ3) is 3.78. The number of amides is 1. The van der Waals surface area contributed by atoms with E-state index in [9.17, 15) is 4.79 Å². The highest BCUT2D eigenvalue weighted by Gasteiger charge is 2.14. The number of hydrogen-bond acceptors (Lipinski definition) is 3. The van der Waals surface area contributed by atoms with E-state index in [2.05, 4.69) is 31.4 Å². The molecule has 0 aliphatic carbocycles. The first-order valence-corrected chi connectivity index (χ1v) is 7.80. The van der Waals surface area contributed by atoms with Crippen LogP contribution < -0.4 is 5.32 Å². The van der Waals surface area contributed by atoms with Crippen molar-refractivity contribution in [3.05, 3.63) is 32.2 Å². The minimum atomic E-state index is -0.219. The van der Waals surface area contributed by atoms with E-state index in [0.717, 1.165) is 0 Å². The van der Waals surface area contributed by atoms with Crippen LogP contribution in [0.15, 0.2) is 10.7 Å². The van der Waals surface area contributed by atoms with Crippen molar-refractivity contribution in [3.8, 4) is 0 Å². The quantitative estimate of drug-likeness (QED) is 0.793. The third-order valence-corrected chi connectivity index (χ3v) is 4.34. The van der Waals surface area contributed by atoms with Gasteiger partial charge in [-0.1, -0.05) is 23.2 Å². The van der Waals surface area contributed by atoms with Crippen LogP contribution >= 0.6 is 39.1 Å². The second-order valence-corrected chi connectivity index (χ2v) is 6.11. The van der Waals surface area contributed by atoms with Crippen molar-refractivity contribution < 1.29 is 4.79 Å². The first-order chi connectivity index (χ1) is 9.90.